The lowest BCUT2D eigenvalue weighted by atomic mass is 9.92. The Morgan fingerprint density at radius 3 is 3.06 bits per heavy atom. The molecular formula is C14H19N3. The van der Waals surface area contributed by atoms with E-state index in [1.165, 1.54) is 18.4 Å². The molecule has 17 heavy (non-hydrogen) atoms. The third-order valence-corrected chi connectivity index (χ3v) is 3.72. The van der Waals surface area contributed by atoms with Crippen LogP contribution in [0.15, 0.2) is 18.2 Å². The first-order valence-electron chi connectivity index (χ1n) is 6.44. The molecule has 3 heteroatoms. The molecule has 0 amide bonds. The Morgan fingerprint density at radius 1 is 1.35 bits per heavy atom. The molecule has 3 nitrogen and oxygen atoms in total. The zero-order valence-electron chi connectivity index (χ0n) is 10.5. The van der Waals surface area contributed by atoms with E-state index in [0.29, 0.717) is 12.0 Å². The fourth-order valence-electron chi connectivity index (χ4n) is 2.71. The zero-order chi connectivity index (χ0) is 11.8. The van der Waals surface area contributed by atoms with Gasteiger partial charge in [-0.3, -0.25) is 0 Å². The van der Waals surface area contributed by atoms with E-state index in [9.17, 15) is 0 Å². The number of nitrogens with zero attached hydrogens (tertiary/aromatic N) is 1. The van der Waals surface area contributed by atoms with Gasteiger partial charge in [0.15, 0.2) is 0 Å². The maximum Gasteiger partial charge on any atom is 0.124 e. The van der Waals surface area contributed by atoms with Gasteiger partial charge in [-0.05, 0) is 49.9 Å². The van der Waals surface area contributed by atoms with E-state index in [-0.39, 0.29) is 0 Å². The van der Waals surface area contributed by atoms with E-state index in [2.05, 4.69) is 42.3 Å². The number of benzene rings is 1. The third kappa shape index (κ3) is 1.95. The highest BCUT2D eigenvalue weighted by Gasteiger charge is 2.24. The topological polar surface area (TPSA) is 40.7 Å². The quantitative estimate of drug-likeness (QED) is 0.789. The molecule has 90 valence electrons. The second kappa shape index (κ2) is 4.15. The first-order chi connectivity index (χ1) is 8.24. The number of imidazole rings is 1. The van der Waals surface area contributed by atoms with E-state index >= 15 is 0 Å². The summed E-state index contributed by atoms with van der Waals surface area (Å²) in [6.07, 6.45) is 2.56. The smallest absolute Gasteiger partial charge is 0.124 e. The highest BCUT2D eigenvalue weighted by molar-refractivity contribution is 5.75. The predicted octanol–water partition coefficient (Wildman–Crippen LogP) is 2.93. The van der Waals surface area contributed by atoms with E-state index in [4.69, 9.17) is 4.98 Å². The Kier molecular flexibility index (Phi) is 2.63. The van der Waals surface area contributed by atoms with Crippen LogP contribution < -0.4 is 5.32 Å². The van der Waals surface area contributed by atoms with Gasteiger partial charge in [-0.15, -0.1) is 0 Å². The lowest BCUT2D eigenvalue weighted by Gasteiger charge is -2.28. The fourth-order valence-corrected chi connectivity index (χ4v) is 2.71. The van der Waals surface area contributed by atoms with Crippen LogP contribution >= 0.6 is 0 Å². The van der Waals surface area contributed by atoms with E-state index in [0.717, 1.165) is 23.4 Å². The minimum atomic E-state index is 0.386. The lowest BCUT2D eigenvalue weighted by molar-refractivity contribution is 0.296. The molecule has 0 bridgehead atoms. The number of aromatic nitrogens is 2. The van der Waals surface area contributed by atoms with Crippen molar-refractivity contribution in [3.8, 4) is 0 Å². The number of nitrogens with one attached hydrogen (secondary N) is 2. The molecule has 1 aromatic heterocycles. The molecule has 3 rings (SSSR count). The van der Waals surface area contributed by atoms with Crippen molar-refractivity contribution < 1.29 is 0 Å². The van der Waals surface area contributed by atoms with Gasteiger partial charge in [0.25, 0.3) is 0 Å². The number of hydrogen-bond acceptors (Lipinski definition) is 2. The number of piperidine rings is 1. The van der Waals surface area contributed by atoms with Crippen molar-refractivity contribution in [1.29, 1.82) is 0 Å². The van der Waals surface area contributed by atoms with Gasteiger partial charge in [-0.25, -0.2) is 4.98 Å². The minimum Gasteiger partial charge on any atom is -0.341 e. The van der Waals surface area contributed by atoms with Gasteiger partial charge >= 0.3 is 0 Å². The van der Waals surface area contributed by atoms with Gasteiger partial charge in [0.05, 0.1) is 17.1 Å². The summed E-state index contributed by atoms with van der Waals surface area (Å²) in [6.45, 7) is 5.52. The summed E-state index contributed by atoms with van der Waals surface area (Å²) in [4.78, 5) is 8.17. The Hall–Kier alpha value is -1.35. The molecular weight excluding hydrogens is 210 g/mol. The summed E-state index contributed by atoms with van der Waals surface area (Å²) >= 11 is 0. The maximum atomic E-state index is 4.71. The van der Waals surface area contributed by atoms with E-state index in [1.54, 1.807) is 0 Å². The zero-order valence-corrected chi connectivity index (χ0v) is 10.5. The van der Waals surface area contributed by atoms with E-state index < -0.39 is 0 Å². The summed E-state index contributed by atoms with van der Waals surface area (Å²) in [5.74, 6) is 1.75. The van der Waals surface area contributed by atoms with Crippen LogP contribution in [0.2, 0.25) is 0 Å². The highest BCUT2D eigenvalue weighted by atomic mass is 15.0. The van der Waals surface area contributed by atoms with Crippen LogP contribution in [0.25, 0.3) is 11.0 Å². The van der Waals surface area contributed by atoms with Crippen molar-refractivity contribution in [2.24, 2.45) is 5.92 Å². The van der Waals surface area contributed by atoms with Crippen LogP contribution in [0.4, 0.5) is 0 Å². The largest absolute Gasteiger partial charge is 0.341 e. The van der Waals surface area contributed by atoms with Crippen molar-refractivity contribution >= 4 is 11.0 Å². The summed E-state index contributed by atoms with van der Waals surface area (Å²) in [6, 6.07) is 6.76. The number of fused-ring (bicyclic) bond motifs is 1. The van der Waals surface area contributed by atoms with Crippen LogP contribution in [0.5, 0.6) is 0 Å². The summed E-state index contributed by atoms with van der Waals surface area (Å²) in [5.41, 5.74) is 3.50. The van der Waals surface area contributed by atoms with Gasteiger partial charge in [0.2, 0.25) is 0 Å². The van der Waals surface area contributed by atoms with Gasteiger partial charge in [0.1, 0.15) is 5.82 Å². The summed E-state index contributed by atoms with van der Waals surface area (Å²) < 4.78 is 0. The fraction of sp³-hybridized carbons (Fsp3) is 0.500. The molecule has 1 aromatic carbocycles. The van der Waals surface area contributed by atoms with Gasteiger partial charge < -0.3 is 10.3 Å². The molecule has 2 N–H and O–H groups in total. The Bertz CT molecular complexity index is 529. The van der Waals surface area contributed by atoms with Crippen LogP contribution in [0.3, 0.4) is 0 Å². The standard InChI is InChI=1S/C14H19N3/c1-9-5-6-11-12(8-9)17-14(16-11)13-10(2)4-3-7-15-13/h5-6,8,10,13,15H,3-4,7H2,1-2H3,(H,16,17). The Balaban J connectivity index is 1.99. The Labute approximate surface area is 102 Å². The number of aryl methyl sites for hydroxylation is 1. The minimum absolute atomic E-state index is 0.386. The molecule has 0 aliphatic carbocycles. The molecule has 2 unspecified atom stereocenters. The second-order valence-corrected chi connectivity index (χ2v) is 5.19. The average Bonchev–Trinajstić information content (AvgIpc) is 2.72. The van der Waals surface area contributed by atoms with Crippen LogP contribution in [0, 0.1) is 12.8 Å². The molecule has 0 spiro atoms. The summed E-state index contributed by atoms with van der Waals surface area (Å²) in [5, 5.41) is 3.57. The molecule has 1 saturated heterocycles. The number of aromatic amines is 1. The first-order valence-corrected chi connectivity index (χ1v) is 6.44. The molecule has 0 radical (unpaired) electrons. The molecule has 2 aromatic rings. The van der Waals surface area contributed by atoms with Crippen molar-refractivity contribution in [2.45, 2.75) is 32.7 Å². The predicted molar refractivity (Wildman–Crippen MR) is 70.0 cm³/mol. The lowest BCUT2D eigenvalue weighted by Crippen LogP contribution is -2.33. The second-order valence-electron chi connectivity index (χ2n) is 5.19. The van der Waals surface area contributed by atoms with Gasteiger partial charge in [-0.1, -0.05) is 13.0 Å². The molecule has 2 atom stereocenters. The molecule has 1 fully saturated rings. The van der Waals surface area contributed by atoms with Crippen LogP contribution in [0.1, 0.15) is 37.2 Å². The van der Waals surface area contributed by atoms with Crippen LogP contribution in [-0.4, -0.2) is 16.5 Å². The van der Waals surface area contributed by atoms with E-state index in [1.807, 2.05) is 0 Å². The van der Waals surface area contributed by atoms with Gasteiger partial charge in [0, 0.05) is 0 Å². The molecule has 1 aliphatic rings. The van der Waals surface area contributed by atoms with Crippen molar-refractivity contribution in [2.75, 3.05) is 6.54 Å². The molecule has 0 saturated carbocycles. The highest BCUT2D eigenvalue weighted by Crippen LogP contribution is 2.28. The number of rotatable bonds is 1. The Morgan fingerprint density at radius 2 is 2.24 bits per heavy atom. The number of H-pyrrole nitrogens is 1. The number of hydrogen-bond donors (Lipinski definition) is 2. The van der Waals surface area contributed by atoms with Crippen molar-refractivity contribution in [3.63, 3.8) is 0 Å². The SMILES string of the molecule is Cc1ccc2nc(C3NCCCC3C)[nH]c2c1. The van der Waals surface area contributed by atoms with Crippen LogP contribution in [-0.2, 0) is 0 Å². The van der Waals surface area contributed by atoms with Gasteiger partial charge in [-0.2, -0.15) is 0 Å². The van der Waals surface area contributed by atoms with Crippen molar-refractivity contribution in [3.05, 3.63) is 29.6 Å². The maximum absolute atomic E-state index is 4.71. The summed E-state index contributed by atoms with van der Waals surface area (Å²) in [7, 11) is 0. The normalized spacial score (nSPS) is 25.3. The van der Waals surface area contributed by atoms with Crippen molar-refractivity contribution in [1.82, 2.24) is 15.3 Å². The average molecular weight is 229 g/mol. The molecule has 1 aliphatic heterocycles. The molecule has 2 heterocycles. The third-order valence-electron chi connectivity index (χ3n) is 3.72. The first kappa shape index (κ1) is 10.8. The monoisotopic (exact) mass is 229 g/mol.